The molecule has 1 aliphatic rings. The number of pyridine rings is 1. The number of aryl methyl sites for hydroxylation is 1. The molecule has 5 nitrogen and oxygen atoms in total. The first kappa shape index (κ1) is 18.1. The molecule has 1 amide bonds. The lowest BCUT2D eigenvalue weighted by Gasteiger charge is -2.21. The fraction of sp³-hybridized carbons (Fsp3) is 0.261. The van der Waals surface area contributed by atoms with Gasteiger partial charge in [-0.3, -0.25) is 9.78 Å². The first-order valence-corrected chi connectivity index (χ1v) is 10.6. The lowest BCUT2D eigenvalue weighted by atomic mass is 10.0. The number of thiazole rings is 1. The third kappa shape index (κ3) is 3.44. The number of amides is 1. The second-order valence-electron chi connectivity index (χ2n) is 7.55. The van der Waals surface area contributed by atoms with Crippen molar-refractivity contribution < 1.29 is 9.53 Å². The van der Waals surface area contributed by atoms with Gasteiger partial charge >= 0.3 is 0 Å². The summed E-state index contributed by atoms with van der Waals surface area (Å²) in [6.45, 7) is 4.73. The summed E-state index contributed by atoms with van der Waals surface area (Å²) in [5.41, 5.74) is 4.10. The largest absolute Gasteiger partial charge is 0.490 e. The Morgan fingerprint density at radius 2 is 2.07 bits per heavy atom. The third-order valence-corrected chi connectivity index (χ3v) is 6.43. The van der Waals surface area contributed by atoms with E-state index in [1.54, 1.807) is 17.5 Å². The van der Waals surface area contributed by atoms with Crippen LogP contribution in [0.15, 0.2) is 48.7 Å². The minimum Gasteiger partial charge on any atom is -0.490 e. The van der Waals surface area contributed by atoms with Crippen LogP contribution in [0.4, 0.5) is 0 Å². The minimum absolute atomic E-state index is 0.0702. The molecular weight excluding hydrogens is 382 g/mol. The van der Waals surface area contributed by atoms with Crippen molar-refractivity contribution in [3.63, 3.8) is 0 Å². The number of rotatable bonds is 4. The molecule has 1 aliphatic heterocycles. The average Bonchev–Trinajstić information content (AvgIpc) is 3.31. The van der Waals surface area contributed by atoms with Gasteiger partial charge in [0.2, 0.25) is 5.91 Å². The smallest absolute Gasteiger partial charge is 0.220 e. The Balaban J connectivity index is 1.56. The highest BCUT2D eigenvalue weighted by atomic mass is 32.1. The van der Waals surface area contributed by atoms with Gasteiger partial charge in [0, 0.05) is 30.5 Å². The molecule has 146 valence electrons. The Labute approximate surface area is 172 Å². The van der Waals surface area contributed by atoms with Gasteiger partial charge in [-0.05, 0) is 61.4 Å². The molecule has 2 atom stereocenters. The molecule has 0 unspecified atom stereocenters. The van der Waals surface area contributed by atoms with E-state index in [2.05, 4.69) is 45.6 Å². The van der Waals surface area contributed by atoms with Crippen LogP contribution in [0.25, 0.3) is 32.2 Å². The minimum atomic E-state index is -0.0702. The molecule has 0 bridgehead atoms. The molecule has 2 aromatic heterocycles. The van der Waals surface area contributed by atoms with Gasteiger partial charge in [0.15, 0.2) is 0 Å². The first-order valence-electron chi connectivity index (χ1n) is 9.76. The summed E-state index contributed by atoms with van der Waals surface area (Å²) >= 11 is 1.70. The molecule has 0 radical (unpaired) electrons. The summed E-state index contributed by atoms with van der Waals surface area (Å²) in [6, 6.07) is 14.5. The Bertz CT molecular complexity index is 1230. The highest BCUT2D eigenvalue weighted by Gasteiger charge is 2.28. The summed E-state index contributed by atoms with van der Waals surface area (Å²) in [7, 11) is 0. The zero-order valence-corrected chi connectivity index (χ0v) is 17.1. The number of hydrogen-bond donors (Lipinski definition) is 1. The molecule has 0 aliphatic carbocycles. The molecule has 5 rings (SSSR count). The molecule has 0 spiro atoms. The Morgan fingerprint density at radius 3 is 2.90 bits per heavy atom. The van der Waals surface area contributed by atoms with E-state index >= 15 is 0 Å². The molecule has 6 heteroatoms. The van der Waals surface area contributed by atoms with Crippen LogP contribution >= 0.6 is 11.3 Å². The second kappa shape index (κ2) is 7.12. The monoisotopic (exact) mass is 403 g/mol. The number of aromatic nitrogens is 2. The standard InChI is InChI=1S/C23H21N3O2S/c1-13(17-11-23(27)25-12-17)28-21-9-16(8-20-18(21)4-3-7-24-20)15-5-6-19-22(10-15)29-14(2)26-19/h3-10,13,17H,11-12H2,1-2H3,(H,25,27)/t13-,17-/m1/s1. The molecule has 1 fully saturated rings. The summed E-state index contributed by atoms with van der Waals surface area (Å²) in [5, 5.41) is 4.94. The van der Waals surface area contributed by atoms with Crippen molar-refractivity contribution in [2.45, 2.75) is 26.4 Å². The highest BCUT2D eigenvalue weighted by molar-refractivity contribution is 7.18. The number of nitrogens with one attached hydrogen (secondary N) is 1. The zero-order valence-electron chi connectivity index (χ0n) is 16.3. The molecule has 4 aromatic rings. The maximum absolute atomic E-state index is 11.6. The van der Waals surface area contributed by atoms with Crippen LogP contribution in [0.1, 0.15) is 18.4 Å². The van der Waals surface area contributed by atoms with Crippen LogP contribution in [0.5, 0.6) is 5.75 Å². The first-order chi connectivity index (χ1) is 14.1. The van der Waals surface area contributed by atoms with E-state index in [9.17, 15) is 4.79 Å². The van der Waals surface area contributed by atoms with Crippen LogP contribution in [0, 0.1) is 12.8 Å². The van der Waals surface area contributed by atoms with Gasteiger partial charge in [0.25, 0.3) is 0 Å². The summed E-state index contributed by atoms with van der Waals surface area (Å²) < 4.78 is 7.55. The fourth-order valence-corrected chi connectivity index (χ4v) is 4.75. The van der Waals surface area contributed by atoms with Gasteiger partial charge in [0.05, 0.1) is 20.7 Å². The van der Waals surface area contributed by atoms with Gasteiger partial charge in [-0.1, -0.05) is 6.07 Å². The van der Waals surface area contributed by atoms with Crippen LogP contribution in [0.3, 0.4) is 0 Å². The fourth-order valence-electron chi connectivity index (χ4n) is 3.89. The van der Waals surface area contributed by atoms with E-state index < -0.39 is 0 Å². The van der Waals surface area contributed by atoms with Crippen LogP contribution in [-0.2, 0) is 4.79 Å². The SMILES string of the molecule is Cc1nc2ccc(-c3cc(O[C@H](C)[C@H]4CNC(=O)C4)c4cccnc4c3)cc2s1. The Morgan fingerprint density at radius 1 is 1.17 bits per heavy atom. The van der Waals surface area contributed by atoms with E-state index in [-0.39, 0.29) is 17.9 Å². The quantitative estimate of drug-likeness (QED) is 0.535. The van der Waals surface area contributed by atoms with Crippen LogP contribution in [0.2, 0.25) is 0 Å². The van der Waals surface area contributed by atoms with Gasteiger partial charge in [0.1, 0.15) is 11.9 Å². The van der Waals surface area contributed by atoms with Crippen LogP contribution in [-0.4, -0.2) is 28.5 Å². The van der Waals surface area contributed by atoms with Crippen LogP contribution < -0.4 is 10.1 Å². The van der Waals surface area contributed by atoms with Crippen molar-refractivity contribution in [3.05, 3.63) is 53.7 Å². The van der Waals surface area contributed by atoms with Crippen molar-refractivity contribution >= 4 is 38.4 Å². The number of fused-ring (bicyclic) bond motifs is 2. The van der Waals surface area contributed by atoms with Gasteiger partial charge in [-0.15, -0.1) is 11.3 Å². The summed E-state index contributed by atoms with van der Waals surface area (Å²) in [5.74, 6) is 1.08. The number of nitrogens with zero attached hydrogens (tertiary/aromatic N) is 2. The van der Waals surface area contributed by atoms with Gasteiger partial charge < -0.3 is 10.1 Å². The Hall–Kier alpha value is -2.99. The molecule has 3 heterocycles. The second-order valence-corrected chi connectivity index (χ2v) is 8.79. The normalized spacial score (nSPS) is 17.6. The average molecular weight is 404 g/mol. The van der Waals surface area contributed by atoms with E-state index in [0.717, 1.165) is 38.3 Å². The summed E-state index contributed by atoms with van der Waals surface area (Å²) in [6.07, 6.45) is 2.24. The summed E-state index contributed by atoms with van der Waals surface area (Å²) in [4.78, 5) is 20.7. The molecule has 1 N–H and O–H groups in total. The van der Waals surface area contributed by atoms with Crippen molar-refractivity contribution in [2.75, 3.05) is 6.54 Å². The van der Waals surface area contributed by atoms with Crippen molar-refractivity contribution in [1.29, 1.82) is 0 Å². The van der Waals surface area contributed by atoms with Gasteiger partial charge in [-0.25, -0.2) is 4.98 Å². The predicted molar refractivity (Wildman–Crippen MR) is 116 cm³/mol. The highest BCUT2D eigenvalue weighted by Crippen LogP contribution is 2.35. The molecule has 2 aromatic carbocycles. The third-order valence-electron chi connectivity index (χ3n) is 5.50. The predicted octanol–water partition coefficient (Wildman–Crippen LogP) is 4.72. The Kier molecular flexibility index (Phi) is 4.43. The van der Waals surface area contributed by atoms with Crippen molar-refractivity contribution in [1.82, 2.24) is 15.3 Å². The molecular formula is C23H21N3O2S. The number of carbonyl (C=O) groups excluding carboxylic acids is 1. The number of carbonyl (C=O) groups is 1. The lowest BCUT2D eigenvalue weighted by molar-refractivity contribution is -0.119. The van der Waals surface area contributed by atoms with E-state index in [4.69, 9.17) is 4.74 Å². The zero-order chi connectivity index (χ0) is 20.0. The van der Waals surface area contributed by atoms with Crippen molar-refractivity contribution in [2.24, 2.45) is 5.92 Å². The van der Waals surface area contributed by atoms with E-state index in [1.165, 1.54) is 4.70 Å². The molecule has 29 heavy (non-hydrogen) atoms. The topological polar surface area (TPSA) is 64.1 Å². The lowest BCUT2D eigenvalue weighted by Crippen LogP contribution is -2.25. The van der Waals surface area contributed by atoms with E-state index in [0.29, 0.717) is 13.0 Å². The van der Waals surface area contributed by atoms with E-state index in [1.807, 2.05) is 26.0 Å². The number of hydrogen-bond acceptors (Lipinski definition) is 5. The maximum atomic E-state index is 11.6. The maximum Gasteiger partial charge on any atom is 0.220 e. The van der Waals surface area contributed by atoms with Gasteiger partial charge in [-0.2, -0.15) is 0 Å². The molecule has 1 saturated heterocycles. The number of benzene rings is 2. The molecule has 0 saturated carbocycles. The van der Waals surface area contributed by atoms with Crippen molar-refractivity contribution in [3.8, 4) is 16.9 Å². The number of ether oxygens (including phenoxy) is 1.